The number of aliphatic hydroxyl groups excluding tert-OH is 3. The lowest BCUT2D eigenvalue weighted by Gasteiger charge is -2.35. The van der Waals surface area contributed by atoms with Crippen molar-refractivity contribution < 1.29 is 43.9 Å². The molecule has 1 fully saturated rings. The van der Waals surface area contributed by atoms with Crippen LogP contribution >= 0.6 is 0 Å². The molecule has 242 valence electrons. The Morgan fingerprint density at radius 2 is 1.72 bits per heavy atom. The summed E-state index contributed by atoms with van der Waals surface area (Å²) in [6.45, 7) is 2.56. The van der Waals surface area contributed by atoms with Gasteiger partial charge < -0.3 is 45.3 Å². The van der Waals surface area contributed by atoms with E-state index in [4.69, 9.17) is 24.7 Å². The van der Waals surface area contributed by atoms with Crippen molar-refractivity contribution in [2.75, 3.05) is 13.7 Å². The highest BCUT2D eigenvalue weighted by Gasteiger charge is 2.52. The Hall–Kier alpha value is -3.08. The topological polar surface area (TPSA) is 225 Å². The van der Waals surface area contributed by atoms with Crippen LogP contribution in [-0.2, 0) is 28.5 Å². The van der Waals surface area contributed by atoms with Crippen molar-refractivity contribution in [1.82, 2.24) is 14.9 Å². The monoisotopic (exact) mass is 612 g/mol. The van der Waals surface area contributed by atoms with Crippen LogP contribution in [0.1, 0.15) is 70.9 Å². The second kappa shape index (κ2) is 16.7. The van der Waals surface area contributed by atoms with Gasteiger partial charge in [0.2, 0.25) is 12.2 Å². The summed E-state index contributed by atoms with van der Waals surface area (Å²) in [7, 11) is 1.22. The fourth-order valence-electron chi connectivity index (χ4n) is 5.11. The molecule has 2 aliphatic rings. The number of aliphatic hydroxyl groups is 3. The summed E-state index contributed by atoms with van der Waals surface area (Å²) in [5, 5.41) is 34.4. The largest absolute Gasteiger partial charge is 0.456 e. The zero-order valence-corrected chi connectivity index (χ0v) is 24.6. The Kier molecular flexibility index (Phi) is 13.3. The third-order valence-corrected chi connectivity index (χ3v) is 7.49. The highest BCUT2D eigenvalue weighted by Crippen LogP contribution is 2.34. The van der Waals surface area contributed by atoms with Gasteiger partial charge in [-0.15, -0.1) is 0 Å². The van der Waals surface area contributed by atoms with Crippen LogP contribution in [0.15, 0.2) is 33.7 Å². The van der Waals surface area contributed by atoms with Gasteiger partial charge in [-0.05, 0) is 12.5 Å². The number of aromatic nitrogens is 2. The number of nitrogens with two attached hydrogens (primary N) is 1. The number of rotatable bonds is 17. The fourth-order valence-corrected chi connectivity index (χ4v) is 5.11. The van der Waals surface area contributed by atoms with Crippen LogP contribution in [0.25, 0.3) is 0 Å². The van der Waals surface area contributed by atoms with Crippen LogP contribution in [0.3, 0.4) is 0 Å². The van der Waals surface area contributed by atoms with Crippen molar-refractivity contribution in [3.05, 3.63) is 44.9 Å². The van der Waals surface area contributed by atoms with Gasteiger partial charge in [0.25, 0.3) is 11.5 Å². The van der Waals surface area contributed by atoms with Gasteiger partial charge in [-0.3, -0.25) is 23.9 Å². The number of hydrogen-bond donors (Lipinski definition) is 6. The predicted octanol–water partition coefficient (Wildman–Crippen LogP) is -0.711. The van der Waals surface area contributed by atoms with Crippen molar-refractivity contribution >= 4 is 11.8 Å². The molecule has 15 heteroatoms. The molecule has 3 rings (SSSR count). The van der Waals surface area contributed by atoms with Crippen molar-refractivity contribution in [3.63, 3.8) is 0 Å². The number of nitrogens with zero attached hydrogens (tertiary/aromatic N) is 1. The molecule has 43 heavy (non-hydrogen) atoms. The predicted molar refractivity (Wildman–Crippen MR) is 151 cm³/mol. The number of primary amides is 1. The lowest BCUT2D eigenvalue weighted by Crippen LogP contribution is -2.54. The van der Waals surface area contributed by atoms with E-state index >= 15 is 0 Å². The molecule has 2 aliphatic heterocycles. The number of carbonyl (C=O) groups is 2. The standard InChI is InChI=1S/C28H44N4O11/c1-3-4-5-6-7-8-9-10-11-13-30-25(38)17-15-16(33)19(35)27(41-17)43-23(24(29)37)22-21(40-2)20(36)26(42-22)32-14-12-18(34)31-28(32)39/h12,14-16,19-23,26-27,33,35-36H,3-11,13H2,1-2H3,(H2,29,37)(H,30,38)(H,31,34,39)/t16-,19-,20-,21+,22+,23-,26-,27+/m1/s1. The maximum atomic E-state index is 12.7. The molecule has 0 bridgehead atoms. The Morgan fingerprint density at radius 3 is 2.33 bits per heavy atom. The number of H-pyrrole nitrogens is 1. The van der Waals surface area contributed by atoms with Gasteiger partial charge in [0.15, 0.2) is 18.1 Å². The zero-order valence-electron chi connectivity index (χ0n) is 24.6. The third-order valence-electron chi connectivity index (χ3n) is 7.49. The first-order chi connectivity index (χ1) is 20.6. The second-order valence-corrected chi connectivity index (χ2v) is 10.7. The van der Waals surface area contributed by atoms with Crippen LogP contribution in [0, 0.1) is 0 Å². The molecule has 0 unspecified atom stereocenters. The number of ether oxygens (including phenoxy) is 4. The van der Waals surface area contributed by atoms with Gasteiger partial charge >= 0.3 is 5.69 Å². The molecule has 0 aromatic carbocycles. The Labute approximate surface area is 249 Å². The molecule has 2 amide bonds. The summed E-state index contributed by atoms with van der Waals surface area (Å²) in [5.74, 6) is -2.07. The molecular formula is C28H44N4O11. The molecule has 1 aromatic heterocycles. The lowest BCUT2D eigenvalue weighted by atomic mass is 10.0. The minimum absolute atomic E-state index is 0.324. The number of carbonyl (C=O) groups excluding carboxylic acids is 2. The van der Waals surface area contributed by atoms with E-state index in [0.717, 1.165) is 48.6 Å². The van der Waals surface area contributed by atoms with E-state index < -0.39 is 72.2 Å². The average Bonchev–Trinajstić information content (AvgIpc) is 3.29. The molecule has 3 heterocycles. The van der Waals surface area contributed by atoms with Crippen LogP contribution in [0.4, 0.5) is 0 Å². The summed E-state index contributed by atoms with van der Waals surface area (Å²) in [4.78, 5) is 51.0. The van der Waals surface area contributed by atoms with Crippen molar-refractivity contribution in [1.29, 1.82) is 0 Å². The summed E-state index contributed by atoms with van der Waals surface area (Å²) in [6.07, 6.45) is -0.197. The highest BCUT2D eigenvalue weighted by atomic mass is 16.7. The summed E-state index contributed by atoms with van der Waals surface area (Å²) >= 11 is 0. The number of hydrogen-bond acceptors (Lipinski definition) is 11. The van der Waals surface area contributed by atoms with Crippen LogP contribution < -0.4 is 22.3 Å². The van der Waals surface area contributed by atoms with Gasteiger partial charge in [0.1, 0.15) is 30.5 Å². The molecular weight excluding hydrogens is 568 g/mol. The van der Waals surface area contributed by atoms with Gasteiger partial charge in [-0.2, -0.15) is 0 Å². The van der Waals surface area contributed by atoms with Crippen LogP contribution in [-0.4, -0.2) is 93.3 Å². The first kappa shape index (κ1) is 34.4. The van der Waals surface area contributed by atoms with Crippen LogP contribution in [0.2, 0.25) is 0 Å². The van der Waals surface area contributed by atoms with E-state index in [1.807, 2.05) is 4.98 Å². The van der Waals surface area contributed by atoms with Gasteiger partial charge in [0.05, 0.1) is 0 Å². The second-order valence-electron chi connectivity index (χ2n) is 10.7. The molecule has 0 radical (unpaired) electrons. The number of unbranched alkanes of at least 4 members (excludes halogenated alkanes) is 8. The summed E-state index contributed by atoms with van der Waals surface area (Å²) < 4.78 is 23.1. The minimum atomic E-state index is -1.74. The maximum absolute atomic E-state index is 12.7. The van der Waals surface area contributed by atoms with Gasteiger partial charge in [0, 0.05) is 25.9 Å². The summed E-state index contributed by atoms with van der Waals surface area (Å²) in [6, 6.07) is 1.04. The van der Waals surface area contributed by atoms with Crippen molar-refractivity contribution in [2.45, 2.75) is 114 Å². The van der Waals surface area contributed by atoms with Crippen LogP contribution in [0.5, 0.6) is 0 Å². The SMILES string of the molecule is CCCCCCCCCCCNC(=O)C1=C[C@@H](O)[C@@H](O)[C@H](O[C@@H](C(N)=O)[C@H]2O[C@@H](n3ccc(=O)[nH]c3=O)[C@H](O)[C@@H]2OC)O1. The normalized spacial score (nSPS) is 27.7. The Morgan fingerprint density at radius 1 is 1.07 bits per heavy atom. The number of amides is 2. The quantitative estimate of drug-likeness (QED) is 0.121. The zero-order chi connectivity index (χ0) is 31.5. The van der Waals surface area contributed by atoms with Crippen molar-refractivity contribution in [2.24, 2.45) is 5.73 Å². The maximum Gasteiger partial charge on any atom is 0.330 e. The molecule has 7 N–H and O–H groups in total. The molecule has 15 nitrogen and oxygen atoms in total. The molecule has 1 saturated heterocycles. The Bertz CT molecular complexity index is 1200. The van der Waals surface area contributed by atoms with Gasteiger partial charge in [-0.25, -0.2) is 4.79 Å². The number of aromatic amines is 1. The first-order valence-corrected chi connectivity index (χ1v) is 14.7. The fraction of sp³-hybridized carbons (Fsp3) is 0.714. The number of methoxy groups -OCH3 is 1. The number of nitrogens with one attached hydrogen (secondary N) is 2. The van der Waals surface area contributed by atoms with E-state index in [2.05, 4.69) is 12.2 Å². The highest BCUT2D eigenvalue weighted by molar-refractivity contribution is 5.91. The van der Waals surface area contributed by atoms with Crippen molar-refractivity contribution in [3.8, 4) is 0 Å². The van der Waals surface area contributed by atoms with E-state index in [1.54, 1.807) is 0 Å². The Balaban J connectivity index is 1.60. The average molecular weight is 613 g/mol. The van der Waals surface area contributed by atoms with E-state index in [9.17, 15) is 34.5 Å². The molecule has 0 aliphatic carbocycles. The third kappa shape index (κ3) is 9.20. The van der Waals surface area contributed by atoms with E-state index in [-0.39, 0.29) is 5.76 Å². The minimum Gasteiger partial charge on any atom is -0.456 e. The smallest absolute Gasteiger partial charge is 0.330 e. The lowest BCUT2D eigenvalue weighted by molar-refractivity contribution is -0.241. The molecule has 1 aromatic rings. The molecule has 0 spiro atoms. The summed E-state index contributed by atoms with van der Waals surface area (Å²) in [5.41, 5.74) is 4.00. The van der Waals surface area contributed by atoms with E-state index in [0.29, 0.717) is 6.54 Å². The molecule has 0 saturated carbocycles. The first-order valence-electron chi connectivity index (χ1n) is 14.7. The molecule has 8 atom stereocenters. The van der Waals surface area contributed by atoms with E-state index in [1.165, 1.54) is 39.2 Å². The van der Waals surface area contributed by atoms with Gasteiger partial charge in [-0.1, -0.05) is 58.3 Å².